The molecule has 0 aliphatic heterocycles. The lowest BCUT2D eigenvalue weighted by atomic mass is 10.1. The van der Waals surface area contributed by atoms with Gasteiger partial charge in [0, 0.05) is 13.2 Å². The maximum Gasteiger partial charge on any atom is 0.416 e. The van der Waals surface area contributed by atoms with Gasteiger partial charge in [-0.05, 0) is 30.3 Å². The highest BCUT2D eigenvalue weighted by Crippen LogP contribution is 2.37. The second-order valence-electron chi connectivity index (χ2n) is 5.31. The van der Waals surface area contributed by atoms with E-state index in [2.05, 4.69) is 0 Å². The number of halogens is 6. The fraction of sp³-hybridized carbons (Fsp3) is 0.214. The summed E-state index contributed by atoms with van der Waals surface area (Å²) in [5.74, 6) is -0.964. The van der Waals surface area contributed by atoms with Crippen molar-refractivity contribution in [2.45, 2.75) is 17.2 Å². The van der Waals surface area contributed by atoms with Crippen LogP contribution >= 0.6 is 0 Å². The third-order valence-corrected chi connectivity index (χ3v) is 4.57. The summed E-state index contributed by atoms with van der Waals surface area (Å²) in [5.41, 5.74) is -1.88. The van der Waals surface area contributed by atoms with Crippen LogP contribution in [-0.4, -0.2) is 18.9 Å². The summed E-state index contributed by atoms with van der Waals surface area (Å²) in [6, 6.07) is 2.64. The summed E-state index contributed by atoms with van der Waals surface area (Å²) < 4.78 is 102. The first-order valence-electron chi connectivity index (χ1n) is 6.95. The molecule has 1 aromatic carbocycles. The van der Waals surface area contributed by atoms with E-state index in [-0.39, 0.29) is 23.9 Å². The summed E-state index contributed by atoms with van der Waals surface area (Å²) in [4.78, 5) is 12.0. The monoisotopic (exact) mass is 415 g/mol. The second kappa shape index (κ2) is 6.88. The standard InChI is InChI=1S/C14H11F6N3O3S/c1-23-4-2-3-11(23)12(24)21-22-27(25,26)10-6-8(13(15,16)17)5-9(7-10)14(18,19)20/h2-7,22H,1H3,(H,21,24). The SMILES string of the molecule is Cn1cccc1C(=O)NNS(=O)(=O)c1cc(C(F)(F)F)cc(C(F)(F)F)c1. The quantitative estimate of drug-likeness (QED) is 0.595. The van der Waals surface area contributed by atoms with Crippen molar-refractivity contribution >= 4 is 15.9 Å². The molecule has 0 saturated heterocycles. The Labute approximate surface area is 148 Å². The Morgan fingerprint density at radius 1 is 1.00 bits per heavy atom. The molecular formula is C14H11F6N3O3S. The van der Waals surface area contributed by atoms with Gasteiger partial charge in [0.2, 0.25) is 0 Å². The molecular weight excluding hydrogens is 404 g/mol. The van der Waals surface area contributed by atoms with Crippen LogP contribution in [0.15, 0.2) is 41.4 Å². The number of hydrogen-bond donors (Lipinski definition) is 2. The Morgan fingerprint density at radius 3 is 1.93 bits per heavy atom. The molecule has 0 spiro atoms. The highest BCUT2D eigenvalue weighted by molar-refractivity contribution is 7.89. The molecule has 0 atom stereocenters. The van der Waals surface area contributed by atoms with Crippen LogP contribution in [0, 0.1) is 0 Å². The zero-order valence-corrected chi connectivity index (χ0v) is 14.1. The number of hydrogen-bond acceptors (Lipinski definition) is 3. The smallest absolute Gasteiger partial charge is 0.347 e. The Morgan fingerprint density at radius 2 is 1.52 bits per heavy atom. The van der Waals surface area contributed by atoms with Crippen molar-refractivity contribution in [1.82, 2.24) is 14.8 Å². The van der Waals surface area contributed by atoms with Gasteiger partial charge in [0.05, 0.1) is 16.0 Å². The Hall–Kier alpha value is -2.54. The van der Waals surface area contributed by atoms with Crippen molar-refractivity contribution in [2.24, 2.45) is 7.05 Å². The van der Waals surface area contributed by atoms with Gasteiger partial charge in [-0.2, -0.15) is 26.3 Å². The number of aromatic nitrogens is 1. The van der Waals surface area contributed by atoms with Gasteiger partial charge in [0.1, 0.15) is 5.69 Å². The van der Waals surface area contributed by atoms with E-state index in [0.29, 0.717) is 0 Å². The number of nitrogens with one attached hydrogen (secondary N) is 2. The van der Waals surface area contributed by atoms with Crippen LogP contribution < -0.4 is 10.3 Å². The molecule has 0 fully saturated rings. The Bertz CT molecular complexity index is 931. The number of benzene rings is 1. The minimum Gasteiger partial charge on any atom is -0.347 e. The molecule has 0 aliphatic rings. The normalized spacial score (nSPS) is 12.9. The van der Waals surface area contributed by atoms with Crippen LogP contribution in [0.25, 0.3) is 0 Å². The van der Waals surface area contributed by atoms with Crippen molar-refractivity contribution in [3.63, 3.8) is 0 Å². The highest BCUT2D eigenvalue weighted by Gasteiger charge is 2.38. The van der Waals surface area contributed by atoms with Crippen LogP contribution in [0.5, 0.6) is 0 Å². The van der Waals surface area contributed by atoms with E-state index in [1.165, 1.54) is 34.8 Å². The largest absolute Gasteiger partial charge is 0.416 e. The first kappa shape index (κ1) is 20.8. The number of sulfonamides is 1. The minimum atomic E-state index is -5.21. The first-order chi connectivity index (χ1) is 12.2. The van der Waals surface area contributed by atoms with Gasteiger partial charge in [0.15, 0.2) is 0 Å². The summed E-state index contributed by atoms with van der Waals surface area (Å²) >= 11 is 0. The topological polar surface area (TPSA) is 80.2 Å². The fourth-order valence-corrected chi connectivity index (χ4v) is 2.92. The van der Waals surface area contributed by atoms with E-state index in [1.54, 1.807) is 5.43 Å². The average molecular weight is 415 g/mol. The van der Waals surface area contributed by atoms with Gasteiger partial charge in [-0.25, -0.2) is 8.42 Å². The number of carbonyl (C=O) groups is 1. The molecule has 0 bridgehead atoms. The van der Waals surface area contributed by atoms with Gasteiger partial charge >= 0.3 is 12.4 Å². The van der Waals surface area contributed by atoms with Crippen LogP contribution in [0.3, 0.4) is 0 Å². The van der Waals surface area contributed by atoms with Gasteiger partial charge in [-0.15, -0.1) is 4.83 Å². The molecule has 0 unspecified atom stereocenters. The van der Waals surface area contributed by atoms with Gasteiger partial charge < -0.3 is 4.57 Å². The lowest BCUT2D eigenvalue weighted by Gasteiger charge is -2.15. The van der Waals surface area contributed by atoms with Crippen molar-refractivity contribution < 1.29 is 39.6 Å². The molecule has 2 aromatic rings. The number of carbonyl (C=O) groups excluding carboxylic acids is 1. The van der Waals surface area contributed by atoms with Gasteiger partial charge in [-0.3, -0.25) is 10.2 Å². The molecule has 1 aromatic heterocycles. The van der Waals surface area contributed by atoms with E-state index in [9.17, 15) is 39.6 Å². The summed E-state index contributed by atoms with van der Waals surface area (Å²) in [5, 5.41) is 0. The molecule has 1 heterocycles. The molecule has 6 nitrogen and oxygen atoms in total. The second-order valence-corrected chi connectivity index (χ2v) is 6.99. The molecule has 148 valence electrons. The van der Waals surface area contributed by atoms with Gasteiger partial charge in [0.25, 0.3) is 15.9 Å². The van der Waals surface area contributed by atoms with Crippen LogP contribution in [0.4, 0.5) is 26.3 Å². The number of alkyl halides is 6. The predicted molar refractivity (Wildman–Crippen MR) is 79.6 cm³/mol. The summed E-state index contributed by atoms with van der Waals surface area (Å²) in [6.45, 7) is 0. The van der Waals surface area contributed by atoms with E-state index in [1.807, 2.05) is 0 Å². The third kappa shape index (κ3) is 4.80. The van der Waals surface area contributed by atoms with Gasteiger partial charge in [-0.1, -0.05) is 0 Å². The fourth-order valence-electron chi connectivity index (χ4n) is 2.02. The van der Waals surface area contributed by atoms with Crippen LogP contribution in [-0.2, 0) is 29.4 Å². The third-order valence-electron chi connectivity index (χ3n) is 3.35. The van der Waals surface area contributed by atoms with Crippen molar-refractivity contribution in [3.8, 4) is 0 Å². The predicted octanol–water partition coefficient (Wildman–Crippen LogP) is 2.69. The molecule has 0 aliphatic carbocycles. The Kier molecular flexibility index (Phi) is 5.30. The molecule has 2 N–H and O–H groups in total. The van der Waals surface area contributed by atoms with E-state index in [4.69, 9.17) is 0 Å². The van der Waals surface area contributed by atoms with Crippen LogP contribution in [0.1, 0.15) is 21.6 Å². The maximum absolute atomic E-state index is 12.8. The number of amides is 1. The number of nitrogens with zero attached hydrogens (tertiary/aromatic N) is 1. The Balaban J connectivity index is 2.37. The van der Waals surface area contributed by atoms with Crippen LogP contribution in [0.2, 0.25) is 0 Å². The minimum absolute atomic E-state index is 0.00211. The van der Waals surface area contributed by atoms with Crippen molar-refractivity contribution in [1.29, 1.82) is 0 Å². The zero-order chi connectivity index (χ0) is 20.6. The zero-order valence-electron chi connectivity index (χ0n) is 13.3. The van der Waals surface area contributed by atoms with Crippen molar-refractivity contribution in [3.05, 3.63) is 53.3 Å². The number of hydrazine groups is 1. The molecule has 27 heavy (non-hydrogen) atoms. The lowest BCUT2D eigenvalue weighted by Crippen LogP contribution is -2.42. The average Bonchev–Trinajstić information content (AvgIpc) is 2.97. The molecule has 13 heteroatoms. The summed E-state index contributed by atoms with van der Waals surface area (Å²) in [6.07, 6.45) is -8.96. The summed E-state index contributed by atoms with van der Waals surface area (Å²) in [7, 11) is -3.45. The van der Waals surface area contributed by atoms with E-state index in [0.717, 1.165) is 0 Å². The highest BCUT2D eigenvalue weighted by atomic mass is 32.2. The lowest BCUT2D eigenvalue weighted by molar-refractivity contribution is -0.143. The first-order valence-corrected chi connectivity index (χ1v) is 8.43. The van der Waals surface area contributed by atoms with E-state index < -0.39 is 44.3 Å². The number of aryl methyl sites for hydroxylation is 1. The van der Waals surface area contributed by atoms with Crippen molar-refractivity contribution in [2.75, 3.05) is 0 Å². The molecule has 0 saturated carbocycles. The maximum atomic E-state index is 12.8. The molecule has 1 amide bonds. The van der Waals surface area contributed by atoms with E-state index >= 15 is 0 Å². The molecule has 2 rings (SSSR count). The molecule has 0 radical (unpaired) electrons. The number of rotatable bonds is 4.